The highest BCUT2D eigenvalue weighted by Gasteiger charge is 2.35. The monoisotopic (exact) mass is 276 g/mol. The first-order valence-electron chi connectivity index (χ1n) is 6.32. The number of nitrogens with zero attached hydrogens (tertiary/aromatic N) is 1. The minimum Gasteiger partial charge on any atom is -0.380 e. The molecule has 1 unspecified atom stereocenters. The lowest BCUT2D eigenvalue weighted by Gasteiger charge is -2.22. The molecule has 0 bridgehead atoms. The molecule has 1 rings (SSSR count). The van der Waals surface area contributed by atoms with Crippen LogP contribution in [-0.4, -0.2) is 24.7 Å². The van der Waals surface area contributed by atoms with Crippen molar-refractivity contribution < 1.29 is 17.9 Å². The molecule has 1 aromatic heterocycles. The quantitative estimate of drug-likeness (QED) is 0.830. The SMILES string of the molecule is CCCNC(COCC)c1cnccc1C(F)(F)F. The van der Waals surface area contributed by atoms with Crippen molar-refractivity contribution in [2.45, 2.75) is 32.5 Å². The minimum absolute atomic E-state index is 0.136. The van der Waals surface area contributed by atoms with Gasteiger partial charge in [0.2, 0.25) is 0 Å². The molecule has 0 saturated carbocycles. The molecule has 108 valence electrons. The van der Waals surface area contributed by atoms with Gasteiger partial charge in [0.1, 0.15) is 0 Å². The van der Waals surface area contributed by atoms with E-state index in [4.69, 9.17) is 4.74 Å². The fourth-order valence-corrected chi connectivity index (χ4v) is 1.76. The number of hydrogen-bond acceptors (Lipinski definition) is 3. The Morgan fingerprint density at radius 1 is 1.37 bits per heavy atom. The predicted molar refractivity (Wildman–Crippen MR) is 66.8 cm³/mol. The molecule has 0 spiro atoms. The number of halogens is 3. The first kappa shape index (κ1) is 15.9. The highest BCUT2D eigenvalue weighted by Crippen LogP contribution is 2.34. The molecule has 6 heteroatoms. The molecule has 1 atom stereocenters. The van der Waals surface area contributed by atoms with Gasteiger partial charge in [-0.15, -0.1) is 0 Å². The lowest BCUT2D eigenvalue weighted by atomic mass is 10.0. The van der Waals surface area contributed by atoms with E-state index < -0.39 is 17.8 Å². The fraction of sp³-hybridized carbons (Fsp3) is 0.615. The van der Waals surface area contributed by atoms with Crippen LogP contribution in [0, 0.1) is 0 Å². The summed E-state index contributed by atoms with van der Waals surface area (Å²) in [6, 6.07) is 0.507. The predicted octanol–water partition coefficient (Wildman–Crippen LogP) is 3.18. The van der Waals surface area contributed by atoms with Gasteiger partial charge in [0, 0.05) is 24.6 Å². The van der Waals surface area contributed by atoms with E-state index in [-0.39, 0.29) is 12.2 Å². The zero-order valence-corrected chi connectivity index (χ0v) is 11.1. The zero-order valence-electron chi connectivity index (χ0n) is 11.1. The van der Waals surface area contributed by atoms with Crippen LogP contribution >= 0.6 is 0 Å². The second-order valence-electron chi connectivity index (χ2n) is 4.13. The van der Waals surface area contributed by atoms with Crippen molar-refractivity contribution in [1.29, 1.82) is 0 Å². The van der Waals surface area contributed by atoms with Crippen LogP contribution in [-0.2, 0) is 10.9 Å². The number of hydrogen-bond donors (Lipinski definition) is 1. The number of rotatable bonds is 7. The normalized spacial score (nSPS) is 13.5. The molecule has 0 radical (unpaired) electrons. The van der Waals surface area contributed by atoms with Crippen molar-refractivity contribution in [1.82, 2.24) is 10.3 Å². The van der Waals surface area contributed by atoms with E-state index in [0.717, 1.165) is 18.7 Å². The lowest BCUT2D eigenvalue weighted by molar-refractivity contribution is -0.138. The first-order valence-corrected chi connectivity index (χ1v) is 6.32. The molecule has 1 heterocycles. The average Bonchev–Trinajstić information content (AvgIpc) is 2.38. The molecule has 1 N–H and O–H groups in total. The van der Waals surface area contributed by atoms with Crippen LogP contribution in [0.25, 0.3) is 0 Å². The summed E-state index contributed by atoms with van der Waals surface area (Å²) in [6.45, 7) is 5.06. The molecule has 0 aromatic carbocycles. The Morgan fingerprint density at radius 3 is 2.68 bits per heavy atom. The Balaban J connectivity index is 3.00. The van der Waals surface area contributed by atoms with E-state index in [1.165, 1.54) is 6.20 Å². The second-order valence-corrected chi connectivity index (χ2v) is 4.13. The van der Waals surface area contributed by atoms with E-state index in [1.54, 1.807) is 0 Å². The summed E-state index contributed by atoms with van der Waals surface area (Å²) < 4.78 is 44.1. The molecular weight excluding hydrogens is 257 g/mol. The van der Waals surface area contributed by atoms with Gasteiger partial charge in [-0.3, -0.25) is 4.98 Å². The first-order chi connectivity index (χ1) is 9.00. The molecule has 0 fully saturated rings. The Morgan fingerprint density at radius 2 is 2.11 bits per heavy atom. The van der Waals surface area contributed by atoms with Crippen molar-refractivity contribution in [2.75, 3.05) is 19.8 Å². The molecule has 0 aliphatic heterocycles. The summed E-state index contributed by atoms with van der Waals surface area (Å²) in [5, 5.41) is 3.07. The van der Waals surface area contributed by atoms with Crippen molar-refractivity contribution in [2.24, 2.45) is 0 Å². The molecule has 0 aliphatic carbocycles. The third-order valence-electron chi connectivity index (χ3n) is 2.66. The fourth-order valence-electron chi connectivity index (χ4n) is 1.76. The van der Waals surface area contributed by atoms with Gasteiger partial charge in [-0.25, -0.2) is 0 Å². The second kappa shape index (κ2) is 7.45. The summed E-state index contributed by atoms with van der Waals surface area (Å²) in [6.07, 6.45) is -1.13. The van der Waals surface area contributed by atoms with Gasteiger partial charge in [-0.2, -0.15) is 13.2 Å². The van der Waals surface area contributed by atoms with Crippen LogP contribution in [0.1, 0.15) is 37.4 Å². The van der Waals surface area contributed by atoms with Crippen LogP contribution in [0.2, 0.25) is 0 Å². The Hall–Kier alpha value is -1.14. The van der Waals surface area contributed by atoms with Crippen LogP contribution < -0.4 is 5.32 Å². The van der Waals surface area contributed by atoms with Crippen molar-refractivity contribution in [3.05, 3.63) is 29.6 Å². The Bertz CT molecular complexity index is 374. The van der Waals surface area contributed by atoms with Gasteiger partial charge >= 0.3 is 6.18 Å². The third kappa shape index (κ3) is 4.80. The van der Waals surface area contributed by atoms with Crippen molar-refractivity contribution >= 4 is 0 Å². The van der Waals surface area contributed by atoms with Gasteiger partial charge in [0.15, 0.2) is 0 Å². The van der Waals surface area contributed by atoms with Gasteiger partial charge < -0.3 is 10.1 Å². The number of pyridine rings is 1. The Labute approximate surface area is 111 Å². The van der Waals surface area contributed by atoms with Crippen LogP contribution in [0.5, 0.6) is 0 Å². The van der Waals surface area contributed by atoms with Gasteiger partial charge in [-0.05, 0) is 26.0 Å². The molecule has 1 aromatic rings. The van der Waals surface area contributed by atoms with Crippen LogP contribution in [0.4, 0.5) is 13.2 Å². The molecule has 0 aliphatic rings. The molecule has 19 heavy (non-hydrogen) atoms. The largest absolute Gasteiger partial charge is 0.416 e. The molecular formula is C13H19F3N2O. The van der Waals surface area contributed by atoms with Crippen molar-refractivity contribution in [3.8, 4) is 0 Å². The maximum absolute atomic E-state index is 13.0. The van der Waals surface area contributed by atoms with E-state index in [0.29, 0.717) is 13.2 Å². The van der Waals surface area contributed by atoms with Gasteiger partial charge in [0.25, 0.3) is 0 Å². The third-order valence-corrected chi connectivity index (χ3v) is 2.66. The average molecular weight is 276 g/mol. The minimum atomic E-state index is -4.38. The summed E-state index contributed by atoms with van der Waals surface area (Å²) in [5.74, 6) is 0. The zero-order chi connectivity index (χ0) is 14.3. The maximum atomic E-state index is 13.0. The lowest BCUT2D eigenvalue weighted by Crippen LogP contribution is -2.28. The number of alkyl halides is 3. The molecule has 3 nitrogen and oxygen atoms in total. The topological polar surface area (TPSA) is 34.1 Å². The summed E-state index contributed by atoms with van der Waals surface area (Å²) in [5.41, 5.74) is -0.521. The maximum Gasteiger partial charge on any atom is 0.416 e. The summed E-state index contributed by atoms with van der Waals surface area (Å²) in [4.78, 5) is 3.80. The molecule has 0 amide bonds. The van der Waals surface area contributed by atoms with E-state index in [2.05, 4.69) is 10.3 Å². The summed E-state index contributed by atoms with van der Waals surface area (Å²) in [7, 11) is 0. The number of nitrogens with one attached hydrogen (secondary N) is 1. The standard InChI is InChI=1S/C13H19F3N2O/c1-3-6-18-12(9-19-4-2)10-8-17-7-5-11(10)13(14,15)16/h5,7-8,12,18H,3-4,6,9H2,1-2H3. The van der Waals surface area contributed by atoms with E-state index >= 15 is 0 Å². The smallest absolute Gasteiger partial charge is 0.380 e. The van der Waals surface area contributed by atoms with Crippen molar-refractivity contribution in [3.63, 3.8) is 0 Å². The number of aromatic nitrogens is 1. The van der Waals surface area contributed by atoms with Crippen LogP contribution in [0.3, 0.4) is 0 Å². The Kier molecular flexibility index (Phi) is 6.24. The van der Waals surface area contributed by atoms with E-state index in [1.807, 2.05) is 13.8 Å². The van der Waals surface area contributed by atoms with Gasteiger partial charge in [-0.1, -0.05) is 6.92 Å². The van der Waals surface area contributed by atoms with E-state index in [9.17, 15) is 13.2 Å². The highest BCUT2D eigenvalue weighted by molar-refractivity contribution is 5.29. The van der Waals surface area contributed by atoms with Gasteiger partial charge in [0.05, 0.1) is 18.2 Å². The molecule has 0 saturated heterocycles. The summed E-state index contributed by atoms with van der Waals surface area (Å²) >= 11 is 0. The number of ether oxygens (including phenoxy) is 1. The van der Waals surface area contributed by atoms with Crippen LogP contribution in [0.15, 0.2) is 18.5 Å². The highest BCUT2D eigenvalue weighted by atomic mass is 19.4.